The zero-order chi connectivity index (χ0) is 19.3. The predicted octanol–water partition coefficient (Wildman–Crippen LogP) is 2.74. The number of carbonyl (C=O) groups is 1. The fraction of sp³-hybridized carbons (Fsp3) is 0.250. The number of nitrogens with zero attached hydrogens (tertiary/aromatic N) is 1. The minimum absolute atomic E-state index is 0.00925. The Bertz CT molecular complexity index is 928. The Balaban J connectivity index is 2.25. The fourth-order valence-electron chi connectivity index (χ4n) is 2.46. The quantitative estimate of drug-likeness (QED) is 0.795. The molecule has 1 amide bonds. The summed E-state index contributed by atoms with van der Waals surface area (Å²) in [4.78, 5) is 14.4. The van der Waals surface area contributed by atoms with E-state index in [9.17, 15) is 13.2 Å². The van der Waals surface area contributed by atoms with Crippen molar-refractivity contribution in [3.05, 3.63) is 65.2 Å². The van der Waals surface area contributed by atoms with E-state index in [4.69, 9.17) is 6.42 Å². The van der Waals surface area contributed by atoms with E-state index < -0.39 is 10.0 Å². The molecule has 1 atom stereocenters. The standard InChI is InChI=1S/C20H22N2O3S/c1-5-13-21-26(24,25)19-8-6-7-18(14-19)20(23)22(4)16(3)17-11-9-15(2)10-12-17/h1,6-12,14,16,21H,13H2,2-4H3. The van der Waals surface area contributed by atoms with Crippen LogP contribution in [0.3, 0.4) is 0 Å². The molecule has 0 aliphatic heterocycles. The normalized spacial score (nSPS) is 12.2. The molecule has 0 aliphatic carbocycles. The number of nitrogens with one attached hydrogen (secondary N) is 1. The van der Waals surface area contributed by atoms with E-state index in [-0.39, 0.29) is 23.4 Å². The van der Waals surface area contributed by atoms with Crippen LogP contribution in [0, 0.1) is 19.3 Å². The molecule has 0 radical (unpaired) electrons. The highest BCUT2D eigenvalue weighted by Gasteiger charge is 2.21. The Hall–Kier alpha value is -2.62. The number of rotatable bonds is 6. The molecule has 0 spiro atoms. The van der Waals surface area contributed by atoms with Gasteiger partial charge in [0.25, 0.3) is 5.91 Å². The maximum absolute atomic E-state index is 12.8. The molecular weight excluding hydrogens is 348 g/mol. The van der Waals surface area contributed by atoms with Gasteiger partial charge in [0, 0.05) is 12.6 Å². The third-order valence-corrected chi connectivity index (χ3v) is 5.62. The summed E-state index contributed by atoms with van der Waals surface area (Å²) >= 11 is 0. The lowest BCUT2D eigenvalue weighted by molar-refractivity contribution is 0.0742. The van der Waals surface area contributed by atoms with Crippen molar-refractivity contribution in [2.45, 2.75) is 24.8 Å². The Labute approximate surface area is 155 Å². The molecule has 0 fully saturated rings. The fourth-order valence-corrected chi connectivity index (χ4v) is 3.44. The van der Waals surface area contributed by atoms with E-state index in [2.05, 4.69) is 10.6 Å². The summed E-state index contributed by atoms with van der Waals surface area (Å²) in [5.74, 6) is 1.96. The summed E-state index contributed by atoms with van der Waals surface area (Å²) in [5.41, 5.74) is 2.45. The number of carbonyl (C=O) groups excluding carboxylic acids is 1. The summed E-state index contributed by atoms with van der Waals surface area (Å²) in [5, 5.41) is 0. The van der Waals surface area contributed by atoms with Crippen LogP contribution < -0.4 is 4.72 Å². The third-order valence-electron chi connectivity index (χ3n) is 4.22. The zero-order valence-corrected chi connectivity index (χ0v) is 15.9. The predicted molar refractivity (Wildman–Crippen MR) is 102 cm³/mol. The van der Waals surface area contributed by atoms with E-state index in [0.717, 1.165) is 11.1 Å². The molecule has 0 aliphatic rings. The SMILES string of the molecule is C#CCNS(=O)(=O)c1cccc(C(=O)N(C)C(C)c2ccc(C)cc2)c1. The lowest BCUT2D eigenvalue weighted by Gasteiger charge is -2.25. The first kappa shape index (κ1) is 19.7. The lowest BCUT2D eigenvalue weighted by atomic mass is 10.0. The van der Waals surface area contributed by atoms with Crippen LogP contribution in [0.1, 0.15) is 34.5 Å². The summed E-state index contributed by atoms with van der Waals surface area (Å²) in [7, 11) is -2.05. The maximum atomic E-state index is 12.8. The minimum Gasteiger partial charge on any atom is -0.335 e. The average Bonchev–Trinajstić information content (AvgIpc) is 2.65. The van der Waals surface area contributed by atoms with Gasteiger partial charge in [0.15, 0.2) is 0 Å². The van der Waals surface area contributed by atoms with Gasteiger partial charge in [0.05, 0.1) is 17.5 Å². The van der Waals surface area contributed by atoms with E-state index in [1.807, 2.05) is 38.1 Å². The average molecular weight is 370 g/mol. The number of aryl methyl sites for hydroxylation is 1. The molecule has 0 saturated heterocycles. The van der Waals surface area contributed by atoms with E-state index in [1.54, 1.807) is 24.1 Å². The highest BCUT2D eigenvalue weighted by Crippen LogP contribution is 2.22. The van der Waals surface area contributed by atoms with Gasteiger partial charge >= 0.3 is 0 Å². The molecule has 6 heteroatoms. The van der Waals surface area contributed by atoms with Gasteiger partial charge in [-0.2, -0.15) is 4.72 Å². The monoisotopic (exact) mass is 370 g/mol. The topological polar surface area (TPSA) is 66.5 Å². The lowest BCUT2D eigenvalue weighted by Crippen LogP contribution is -2.30. The molecule has 1 N–H and O–H groups in total. The second-order valence-electron chi connectivity index (χ2n) is 6.06. The number of terminal acetylenes is 1. The minimum atomic E-state index is -3.74. The first-order valence-electron chi connectivity index (χ1n) is 8.13. The largest absolute Gasteiger partial charge is 0.335 e. The van der Waals surface area contributed by atoms with Crippen molar-refractivity contribution in [2.75, 3.05) is 13.6 Å². The number of amides is 1. The van der Waals surface area contributed by atoms with Crippen molar-refractivity contribution >= 4 is 15.9 Å². The maximum Gasteiger partial charge on any atom is 0.254 e. The van der Waals surface area contributed by atoms with Crippen LogP contribution in [0.5, 0.6) is 0 Å². The van der Waals surface area contributed by atoms with E-state index >= 15 is 0 Å². The van der Waals surface area contributed by atoms with Gasteiger partial charge in [-0.05, 0) is 37.6 Å². The van der Waals surface area contributed by atoms with Gasteiger partial charge in [-0.25, -0.2) is 8.42 Å². The molecule has 26 heavy (non-hydrogen) atoms. The molecule has 1 unspecified atom stereocenters. The second kappa shape index (κ2) is 8.17. The summed E-state index contributed by atoms with van der Waals surface area (Å²) < 4.78 is 26.7. The third kappa shape index (κ3) is 4.51. The van der Waals surface area contributed by atoms with Crippen LogP contribution in [-0.2, 0) is 10.0 Å². The highest BCUT2D eigenvalue weighted by atomic mass is 32.2. The van der Waals surface area contributed by atoms with Crippen molar-refractivity contribution in [2.24, 2.45) is 0 Å². The van der Waals surface area contributed by atoms with Crippen LogP contribution in [0.2, 0.25) is 0 Å². The first-order chi connectivity index (χ1) is 12.3. The van der Waals surface area contributed by atoms with Crippen molar-refractivity contribution in [3.8, 4) is 12.3 Å². The van der Waals surface area contributed by atoms with Crippen LogP contribution in [0.15, 0.2) is 53.4 Å². The molecule has 2 aromatic rings. The summed E-state index contributed by atoms with van der Waals surface area (Å²) in [6, 6.07) is 13.7. The Kier molecular flexibility index (Phi) is 6.19. The first-order valence-corrected chi connectivity index (χ1v) is 9.61. The van der Waals surface area contributed by atoms with Crippen molar-refractivity contribution in [1.82, 2.24) is 9.62 Å². The molecule has 2 aromatic carbocycles. The van der Waals surface area contributed by atoms with E-state index in [1.165, 1.54) is 12.1 Å². The summed E-state index contributed by atoms with van der Waals surface area (Å²) in [6.45, 7) is 3.83. The van der Waals surface area contributed by atoms with Crippen LogP contribution in [-0.4, -0.2) is 32.8 Å². The van der Waals surface area contributed by atoms with Gasteiger partial charge in [-0.1, -0.05) is 41.8 Å². The molecule has 2 rings (SSSR count). The van der Waals surface area contributed by atoms with Gasteiger partial charge in [-0.15, -0.1) is 6.42 Å². The van der Waals surface area contributed by atoms with Crippen molar-refractivity contribution < 1.29 is 13.2 Å². The van der Waals surface area contributed by atoms with E-state index in [0.29, 0.717) is 5.56 Å². The molecule has 0 bridgehead atoms. The zero-order valence-electron chi connectivity index (χ0n) is 15.1. The van der Waals surface area contributed by atoms with Gasteiger partial charge < -0.3 is 4.90 Å². The Morgan fingerprint density at radius 2 is 1.88 bits per heavy atom. The Morgan fingerprint density at radius 1 is 1.23 bits per heavy atom. The molecule has 0 aromatic heterocycles. The van der Waals surface area contributed by atoms with Gasteiger partial charge in [0.1, 0.15) is 0 Å². The second-order valence-corrected chi connectivity index (χ2v) is 7.83. The molecule has 136 valence electrons. The Morgan fingerprint density at radius 3 is 2.50 bits per heavy atom. The number of sulfonamides is 1. The van der Waals surface area contributed by atoms with Gasteiger partial charge in [-0.3, -0.25) is 4.79 Å². The van der Waals surface area contributed by atoms with Crippen molar-refractivity contribution in [3.63, 3.8) is 0 Å². The molecule has 0 heterocycles. The van der Waals surface area contributed by atoms with Crippen LogP contribution in [0.25, 0.3) is 0 Å². The van der Waals surface area contributed by atoms with Gasteiger partial charge in [0.2, 0.25) is 10.0 Å². The molecule has 5 nitrogen and oxygen atoms in total. The highest BCUT2D eigenvalue weighted by molar-refractivity contribution is 7.89. The van der Waals surface area contributed by atoms with Crippen LogP contribution in [0.4, 0.5) is 0 Å². The summed E-state index contributed by atoms with van der Waals surface area (Å²) in [6.07, 6.45) is 5.09. The van der Waals surface area contributed by atoms with Crippen molar-refractivity contribution in [1.29, 1.82) is 0 Å². The smallest absolute Gasteiger partial charge is 0.254 e. The number of benzene rings is 2. The number of hydrogen-bond acceptors (Lipinski definition) is 3. The number of hydrogen-bond donors (Lipinski definition) is 1. The molecule has 0 saturated carbocycles. The molecular formula is C20H22N2O3S. The van der Waals surface area contributed by atoms with Crippen LogP contribution >= 0.6 is 0 Å².